The number of thiocarbonyl (C=S) groups is 1. The Balaban J connectivity index is 1.40. The van der Waals surface area contributed by atoms with Gasteiger partial charge < -0.3 is 30.0 Å². The van der Waals surface area contributed by atoms with E-state index in [-0.39, 0.29) is 0 Å². The maximum atomic E-state index is 6.04. The lowest BCUT2D eigenvalue weighted by Gasteiger charge is -2.22. The maximum absolute atomic E-state index is 6.04. The van der Waals surface area contributed by atoms with E-state index in [2.05, 4.69) is 32.4 Å². The molecule has 1 fully saturated rings. The summed E-state index contributed by atoms with van der Waals surface area (Å²) in [5.74, 6) is 2.30. The number of nitrogens with one attached hydrogen (secondary N) is 3. The number of aryl methyl sites for hydroxylation is 2. The summed E-state index contributed by atoms with van der Waals surface area (Å²) in [5, 5.41) is 10.5. The number of hydrogen-bond acceptors (Lipinski definition) is 5. The molecule has 170 valence electrons. The van der Waals surface area contributed by atoms with Gasteiger partial charge in [0.2, 0.25) is 0 Å². The molecule has 3 N–H and O–H groups in total. The second kappa shape index (κ2) is 12.5. The largest absolute Gasteiger partial charge is 0.493 e. The Morgan fingerprint density at radius 2 is 2.10 bits per heavy atom. The van der Waals surface area contributed by atoms with Crippen LogP contribution in [0.5, 0.6) is 11.5 Å². The minimum absolute atomic E-state index is 0.601. The molecule has 1 aromatic carbocycles. The Morgan fingerprint density at radius 3 is 2.84 bits per heavy atom. The van der Waals surface area contributed by atoms with Crippen LogP contribution in [0, 0.1) is 12.8 Å². The minimum atomic E-state index is 0.601. The van der Waals surface area contributed by atoms with Crippen LogP contribution in [0.15, 0.2) is 30.7 Å². The fourth-order valence-electron chi connectivity index (χ4n) is 3.84. The van der Waals surface area contributed by atoms with Crippen molar-refractivity contribution in [2.45, 2.75) is 45.6 Å². The SMILES string of the molecule is COc1ccc(NC(=S)NCCCn2cncc2C)cc1OCCCC1CCNCC1. The van der Waals surface area contributed by atoms with E-state index in [0.717, 1.165) is 62.1 Å². The topological polar surface area (TPSA) is 72.4 Å². The van der Waals surface area contributed by atoms with Gasteiger partial charge in [-0.25, -0.2) is 4.98 Å². The van der Waals surface area contributed by atoms with Crippen molar-refractivity contribution in [2.24, 2.45) is 5.92 Å². The molecule has 8 heteroatoms. The van der Waals surface area contributed by atoms with Gasteiger partial charge in [0.15, 0.2) is 16.6 Å². The van der Waals surface area contributed by atoms with Crippen molar-refractivity contribution in [3.8, 4) is 11.5 Å². The van der Waals surface area contributed by atoms with Gasteiger partial charge in [0.25, 0.3) is 0 Å². The number of benzene rings is 1. The highest BCUT2D eigenvalue weighted by Crippen LogP contribution is 2.30. The molecule has 2 aromatic rings. The quantitative estimate of drug-likeness (QED) is 0.359. The molecule has 0 atom stereocenters. The zero-order chi connectivity index (χ0) is 21.9. The fraction of sp³-hybridized carbons (Fsp3) is 0.565. The first kappa shape index (κ1) is 23.3. The van der Waals surface area contributed by atoms with E-state index in [9.17, 15) is 0 Å². The molecular weight excluding hydrogens is 410 g/mol. The van der Waals surface area contributed by atoms with Crippen molar-refractivity contribution in [1.29, 1.82) is 0 Å². The predicted molar refractivity (Wildman–Crippen MR) is 129 cm³/mol. The Kier molecular flexibility index (Phi) is 9.42. The third kappa shape index (κ3) is 7.70. The van der Waals surface area contributed by atoms with Crippen molar-refractivity contribution in [3.63, 3.8) is 0 Å². The van der Waals surface area contributed by atoms with Crippen molar-refractivity contribution in [2.75, 3.05) is 38.7 Å². The maximum Gasteiger partial charge on any atom is 0.170 e. The number of nitrogens with zero attached hydrogens (tertiary/aromatic N) is 2. The van der Waals surface area contributed by atoms with Crippen molar-refractivity contribution < 1.29 is 9.47 Å². The van der Waals surface area contributed by atoms with Gasteiger partial charge in [-0.1, -0.05) is 0 Å². The van der Waals surface area contributed by atoms with Crippen LogP contribution < -0.4 is 25.4 Å². The summed E-state index contributed by atoms with van der Waals surface area (Å²) in [6.07, 6.45) is 9.52. The zero-order valence-electron chi connectivity index (χ0n) is 18.7. The number of ether oxygens (including phenoxy) is 2. The molecule has 3 rings (SSSR count). The van der Waals surface area contributed by atoms with Crippen LogP contribution >= 0.6 is 12.2 Å². The molecule has 0 amide bonds. The standard InChI is InChI=1S/C23H35N5O2S/c1-18-16-25-17-28(18)13-4-10-26-23(31)27-20-6-7-21(29-2)22(15-20)30-14-3-5-19-8-11-24-12-9-19/h6-7,15-17,19,24H,3-5,8-14H2,1-2H3,(H2,26,27,31). The molecule has 1 aliphatic heterocycles. The summed E-state index contributed by atoms with van der Waals surface area (Å²) in [5.41, 5.74) is 2.05. The van der Waals surface area contributed by atoms with E-state index in [1.807, 2.05) is 30.7 Å². The molecule has 0 bridgehead atoms. The van der Waals surface area contributed by atoms with E-state index in [1.54, 1.807) is 7.11 Å². The van der Waals surface area contributed by atoms with Crippen molar-refractivity contribution in [1.82, 2.24) is 20.2 Å². The van der Waals surface area contributed by atoms with Gasteiger partial charge in [0, 0.05) is 36.7 Å². The highest BCUT2D eigenvalue weighted by atomic mass is 32.1. The third-order valence-corrected chi connectivity index (χ3v) is 5.92. The van der Waals surface area contributed by atoms with Crippen molar-refractivity contribution in [3.05, 3.63) is 36.4 Å². The van der Waals surface area contributed by atoms with Gasteiger partial charge in [-0.15, -0.1) is 0 Å². The van der Waals surface area contributed by atoms with Crippen LogP contribution in [-0.2, 0) is 6.54 Å². The summed E-state index contributed by atoms with van der Waals surface area (Å²) in [7, 11) is 1.67. The molecule has 1 aliphatic rings. The minimum Gasteiger partial charge on any atom is -0.493 e. The second-order valence-corrected chi connectivity index (χ2v) is 8.42. The van der Waals surface area contributed by atoms with Crippen LogP contribution in [0.3, 0.4) is 0 Å². The van der Waals surface area contributed by atoms with E-state index < -0.39 is 0 Å². The number of aromatic nitrogens is 2. The summed E-state index contributed by atoms with van der Waals surface area (Å²) >= 11 is 5.44. The number of anilines is 1. The molecule has 0 spiro atoms. The number of imidazole rings is 1. The van der Waals surface area contributed by atoms with E-state index in [1.165, 1.54) is 25.0 Å². The van der Waals surface area contributed by atoms with E-state index in [0.29, 0.717) is 11.7 Å². The Hall–Kier alpha value is -2.32. The lowest BCUT2D eigenvalue weighted by atomic mass is 9.93. The molecular formula is C23H35N5O2S. The summed E-state index contributed by atoms with van der Waals surface area (Å²) in [6.45, 7) is 6.75. The first-order valence-corrected chi connectivity index (χ1v) is 11.6. The first-order chi connectivity index (χ1) is 15.2. The van der Waals surface area contributed by atoms with Crippen LogP contribution in [-0.4, -0.2) is 48.0 Å². The molecule has 0 radical (unpaired) electrons. The van der Waals surface area contributed by atoms with Gasteiger partial charge >= 0.3 is 0 Å². The average Bonchev–Trinajstić information content (AvgIpc) is 3.20. The zero-order valence-corrected chi connectivity index (χ0v) is 19.5. The Bertz CT molecular complexity index is 820. The normalized spacial score (nSPS) is 14.3. The van der Waals surface area contributed by atoms with Crippen LogP contribution in [0.2, 0.25) is 0 Å². The van der Waals surface area contributed by atoms with Crippen LogP contribution in [0.25, 0.3) is 0 Å². The number of rotatable bonds is 11. The molecule has 0 aliphatic carbocycles. The van der Waals surface area contributed by atoms with Crippen LogP contribution in [0.4, 0.5) is 5.69 Å². The van der Waals surface area contributed by atoms with Crippen LogP contribution in [0.1, 0.15) is 37.8 Å². The lowest BCUT2D eigenvalue weighted by molar-refractivity contribution is 0.263. The Labute approximate surface area is 190 Å². The summed E-state index contributed by atoms with van der Waals surface area (Å²) in [4.78, 5) is 4.14. The van der Waals surface area contributed by atoms with E-state index >= 15 is 0 Å². The van der Waals surface area contributed by atoms with Gasteiger partial charge in [0.05, 0.1) is 20.0 Å². The number of methoxy groups -OCH3 is 1. The van der Waals surface area contributed by atoms with Gasteiger partial charge in [0.1, 0.15) is 0 Å². The predicted octanol–water partition coefficient (Wildman–Crippen LogP) is 3.74. The smallest absolute Gasteiger partial charge is 0.170 e. The van der Waals surface area contributed by atoms with Gasteiger partial charge in [-0.2, -0.15) is 0 Å². The molecule has 2 heterocycles. The average molecular weight is 446 g/mol. The van der Waals surface area contributed by atoms with Gasteiger partial charge in [-0.05, 0) is 82.4 Å². The molecule has 1 aromatic heterocycles. The van der Waals surface area contributed by atoms with E-state index in [4.69, 9.17) is 21.7 Å². The summed E-state index contributed by atoms with van der Waals surface area (Å²) in [6, 6.07) is 5.81. The molecule has 31 heavy (non-hydrogen) atoms. The lowest BCUT2D eigenvalue weighted by Crippen LogP contribution is -2.29. The second-order valence-electron chi connectivity index (χ2n) is 8.01. The van der Waals surface area contributed by atoms with Gasteiger partial charge in [-0.3, -0.25) is 0 Å². The molecule has 0 unspecified atom stereocenters. The summed E-state index contributed by atoms with van der Waals surface area (Å²) < 4.78 is 13.6. The monoisotopic (exact) mass is 445 g/mol. The Morgan fingerprint density at radius 1 is 1.26 bits per heavy atom. The number of piperidine rings is 1. The highest BCUT2D eigenvalue weighted by molar-refractivity contribution is 7.80. The number of hydrogen-bond donors (Lipinski definition) is 3. The third-order valence-electron chi connectivity index (χ3n) is 5.68. The fourth-order valence-corrected chi connectivity index (χ4v) is 4.06. The molecule has 1 saturated heterocycles. The van der Waals surface area contributed by atoms with Crippen molar-refractivity contribution >= 4 is 23.0 Å². The first-order valence-electron chi connectivity index (χ1n) is 11.2. The molecule has 0 saturated carbocycles. The molecule has 7 nitrogen and oxygen atoms in total. The highest BCUT2D eigenvalue weighted by Gasteiger charge is 2.13.